The highest BCUT2D eigenvalue weighted by molar-refractivity contribution is 5.28. The maximum atomic E-state index is 8.78. The molecule has 0 amide bonds. The minimum atomic E-state index is 0.0258. The number of aliphatic hydroxyl groups excluding tert-OH is 1. The summed E-state index contributed by atoms with van der Waals surface area (Å²) < 4.78 is 10.9. The minimum Gasteiger partial charge on any atom is -0.494 e. The second-order valence-corrected chi connectivity index (χ2v) is 4.14. The van der Waals surface area contributed by atoms with E-state index < -0.39 is 0 Å². The Bertz CT molecular complexity index is 511. The van der Waals surface area contributed by atoms with Crippen LogP contribution in [-0.4, -0.2) is 28.5 Å². The third-order valence-electron chi connectivity index (χ3n) is 2.67. The van der Waals surface area contributed by atoms with Crippen LogP contribution in [0.3, 0.4) is 0 Å². The standard InChI is InChI=1S/C14H18N2O3/c1-2-18-12-5-3-4-11(10-12)6-7-13-15-16-14(19-13)8-9-17/h3-5,10,17H,2,6-9H2,1H3. The Labute approximate surface area is 112 Å². The van der Waals surface area contributed by atoms with Crippen molar-refractivity contribution in [3.63, 3.8) is 0 Å². The average molecular weight is 262 g/mol. The molecule has 5 heteroatoms. The van der Waals surface area contributed by atoms with Gasteiger partial charge in [0, 0.05) is 12.8 Å². The largest absolute Gasteiger partial charge is 0.494 e. The van der Waals surface area contributed by atoms with E-state index in [0.29, 0.717) is 31.2 Å². The van der Waals surface area contributed by atoms with Gasteiger partial charge in [0.1, 0.15) is 5.75 Å². The Balaban J connectivity index is 1.91. The van der Waals surface area contributed by atoms with Gasteiger partial charge in [0.05, 0.1) is 13.2 Å². The topological polar surface area (TPSA) is 68.4 Å². The van der Waals surface area contributed by atoms with Crippen molar-refractivity contribution in [2.45, 2.75) is 26.2 Å². The number of nitrogens with zero attached hydrogens (tertiary/aromatic N) is 2. The fourth-order valence-electron chi connectivity index (χ4n) is 1.79. The molecule has 0 saturated heterocycles. The Hall–Kier alpha value is -1.88. The second-order valence-electron chi connectivity index (χ2n) is 4.14. The molecule has 5 nitrogen and oxygen atoms in total. The normalized spacial score (nSPS) is 10.6. The molecule has 1 aromatic carbocycles. The lowest BCUT2D eigenvalue weighted by Gasteiger charge is -2.04. The Morgan fingerprint density at radius 1 is 1.16 bits per heavy atom. The molecule has 2 aromatic rings. The number of ether oxygens (including phenoxy) is 1. The molecular formula is C14H18N2O3. The second kappa shape index (κ2) is 6.89. The highest BCUT2D eigenvalue weighted by Gasteiger charge is 2.06. The number of hydrogen-bond acceptors (Lipinski definition) is 5. The quantitative estimate of drug-likeness (QED) is 0.824. The van der Waals surface area contributed by atoms with Gasteiger partial charge in [-0.05, 0) is 31.0 Å². The van der Waals surface area contributed by atoms with E-state index in [1.807, 2.05) is 31.2 Å². The summed E-state index contributed by atoms with van der Waals surface area (Å²) in [4.78, 5) is 0. The van der Waals surface area contributed by atoms with Gasteiger partial charge in [0.2, 0.25) is 11.8 Å². The fourth-order valence-corrected chi connectivity index (χ4v) is 1.79. The third kappa shape index (κ3) is 4.06. The zero-order valence-corrected chi connectivity index (χ0v) is 11.0. The van der Waals surface area contributed by atoms with Crippen LogP contribution in [0, 0.1) is 0 Å². The number of rotatable bonds is 7. The summed E-state index contributed by atoms with van der Waals surface area (Å²) in [7, 11) is 0. The molecule has 1 aromatic heterocycles. The van der Waals surface area contributed by atoms with E-state index in [1.54, 1.807) is 0 Å². The lowest BCUT2D eigenvalue weighted by atomic mass is 10.1. The Morgan fingerprint density at radius 2 is 1.95 bits per heavy atom. The summed E-state index contributed by atoms with van der Waals surface area (Å²) in [5, 5.41) is 16.6. The highest BCUT2D eigenvalue weighted by Crippen LogP contribution is 2.15. The number of hydrogen-bond donors (Lipinski definition) is 1. The van der Waals surface area contributed by atoms with Gasteiger partial charge in [-0.25, -0.2) is 0 Å². The molecular weight excluding hydrogens is 244 g/mol. The summed E-state index contributed by atoms with van der Waals surface area (Å²) in [6, 6.07) is 7.99. The van der Waals surface area contributed by atoms with Gasteiger partial charge in [-0.15, -0.1) is 10.2 Å². The van der Waals surface area contributed by atoms with Gasteiger partial charge < -0.3 is 14.3 Å². The predicted octanol–water partition coefficient (Wildman–Crippen LogP) is 1.79. The van der Waals surface area contributed by atoms with E-state index in [2.05, 4.69) is 10.2 Å². The van der Waals surface area contributed by atoms with E-state index >= 15 is 0 Å². The first kappa shape index (κ1) is 13.5. The zero-order valence-electron chi connectivity index (χ0n) is 11.0. The molecule has 0 bridgehead atoms. The van der Waals surface area contributed by atoms with Crippen LogP contribution in [0.5, 0.6) is 5.75 Å². The van der Waals surface area contributed by atoms with E-state index in [-0.39, 0.29) is 6.61 Å². The molecule has 0 unspecified atom stereocenters. The summed E-state index contributed by atoms with van der Waals surface area (Å²) in [6.07, 6.45) is 1.92. The van der Waals surface area contributed by atoms with Crippen molar-refractivity contribution in [3.8, 4) is 5.75 Å². The van der Waals surface area contributed by atoms with Crippen molar-refractivity contribution in [1.82, 2.24) is 10.2 Å². The number of aliphatic hydroxyl groups is 1. The molecule has 0 aliphatic rings. The highest BCUT2D eigenvalue weighted by atomic mass is 16.5. The summed E-state index contributed by atoms with van der Waals surface area (Å²) in [5.74, 6) is 1.97. The fraction of sp³-hybridized carbons (Fsp3) is 0.429. The minimum absolute atomic E-state index is 0.0258. The van der Waals surface area contributed by atoms with Crippen molar-refractivity contribution < 1.29 is 14.3 Å². The molecule has 1 N–H and O–H groups in total. The molecule has 0 radical (unpaired) electrons. The van der Waals surface area contributed by atoms with Crippen molar-refractivity contribution in [3.05, 3.63) is 41.6 Å². The summed E-state index contributed by atoms with van der Waals surface area (Å²) in [5.41, 5.74) is 1.17. The number of aryl methyl sites for hydroxylation is 2. The Morgan fingerprint density at radius 3 is 2.68 bits per heavy atom. The monoisotopic (exact) mass is 262 g/mol. The molecule has 0 atom stereocenters. The lowest BCUT2D eigenvalue weighted by molar-refractivity contribution is 0.283. The van der Waals surface area contributed by atoms with Gasteiger partial charge in [0.15, 0.2) is 0 Å². The average Bonchev–Trinajstić information content (AvgIpc) is 2.86. The Kier molecular flexibility index (Phi) is 4.92. The maximum Gasteiger partial charge on any atom is 0.218 e. The van der Waals surface area contributed by atoms with Crippen LogP contribution < -0.4 is 4.74 Å². The van der Waals surface area contributed by atoms with Crippen LogP contribution in [0.4, 0.5) is 0 Å². The SMILES string of the molecule is CCOc1cccc(CCc2nnc(CCO)o2)c1. The van der Waals surface area contributed by atoms with Gasteiger partial charge >= 0.3 is 0 Å². The number of benzene rings is 1. The molecule has 2 rings (SSSR count). The van der Waals surface area contributed by atoms with Crippen molar-refractivity contribution in [2.24, 2.45) is 0 Å². The van der Waals surface area contributed by atoms with E-state index in [4.69, 9.17) is 14.3 Å². The number of aromatic nitrogens is 2. The van der Waals surface area contributed by atoms with Crippen LogP contribution in [0.15, 0.2) is 28.7 Å². The first-order valence-electron chi connectivity index (χ1n) is 6.45. The molecule has 102 valence electrons. The van der Waals surface area contributed by atoms with Crippen LogP contribution >= 0.6 is 0 Å². The third-order valence-corrected chi connectivity index (χ3v) is 2.67. The van der Waals surface area contributed by atoms with Crippen LogP contribution in [-0.2, 0) is 19.3 Å². The molecule has 0 fully saturated rings. The van der Waals surface area contributed by atoms with E-state index in [1.165, 1.54) is 5.56 Å². The molecule has 0 aliphatic heterocycles. The molecule has 0 spiro atoms. The summed E-state index contributed by atoms with van der Waals surface area (Å²) >= 11 is 0. The zero-order chi connectivity index (χ0) is 13.5. The summed E-state index contributed by atoms with van der Waals surface area (Å²) in [6.45, 7) is 2.66. The van der Waals surface area contributed by atoms with Gasteiger partial charge in [-0.3, -0.25) is 0 Å². The smallest absolute Gasteiger partial charge is 0.218 e. The van der Waals surface area contributed by atoms with E-state index in [0.717, 1.165) is 12.2 Å². The first-order chi connectivity index (χ1) is 9.31. The molecule has 1 heterocycles. The predicted molar refractivity (Wildman–Crippen MR) is 70.1 cm³/mol. The van der Waals surface area contributed by atoms with Crippen molar-refractivity contribution >= 4 is 0 Å². The maximum absolute atomic E-state index is 8.78. The van der Waals surface area contributed by atoms with Gasteiger partial charge in [0.25, 0.3) is 0 Å². The van der Waals surface area contributed by atoms with Crippen LogP contribution in [0.2, 0.25) is 0 Å². The van der Waals surface area contributed by atoms with E-state index in [9.17, 15) is 0 Å². The molecule has 0 aliphatic carbocycles. The molecule has 19 heavy (non-hydrogen) atoms. The lowest BCUT2D eigenvalue weighted by Crippen LogP contribution is -1.95. The molecule has 0 saturated carbocycles. The van der Waals surface area contributed by atoms with Crippen molar-refractivity contribution in [2.75, 3.05) is 13.2 Å². The van der Waals surface area contributed by atoms with Gasteiger partial charge in [-0.2, -0.15) is 0 Å². The van der Waals surface area contributed by atoms with Crippen molar-refractivity contribution in [1.29, 1.82) is 0 Å². The first-order valence-corrected chi connectivity index (χ1v) is 6.45. The van der Waals surface area contributed by atoms with Gasteiger partial charge in [-0.1, -0.05) is 12.1 Å². The van der Waals surface area contributed by atoms with Crippen LogP contribution in [0.25, 0.3) is 0 Å². The van der Waals surface area contributed by atoms with Crippen LogP contribution in [0.1, 0.15) is 24.3 Å².